The molecule has 0 saturated heterocycles. The van der Waals surface area contributed by atoms with Crippen molar-refractivity contribution in [3.8, 4) is 0 Å². The molecule has 0 bridgehead atoms. The van der Waals surface area contributed by atoms with Crippen LogP contribution in [0.5, 0.6) is 0 Å². The average molecular weight is 353 g/mol. The molecule has 1 unspecified atom stereocenters. The Labute approximate surface area is 111 Å². The van der Waals surface area contributed by atoms with Crippen LogP contribution in [0.3, 0.4) is 0 Å². The summed E-state index contributed by atoms with van der Waals surface area (Å²) in [5, 5.41) is 0. The van der Waals surface area contributed by atoms with Crippen molar-refractivity contribution in [2.45, 2.75) is 38.5 Å². The summed E-state index contributed by atoms with van der Waals surface area (Å²) in [6.45, 7) is 0. The van der Waals surface area contributed by atoms with E-state index >= 15 is 0 Å². The van der Waals surface area contributed by atoms with Gasteiger partial charge in [-0.25, -0.2) is 0 Å². The van der Waals surface area contributed by atoms with E-state index in [1.165, 1.54) is 19.0 Å². The molecule has 0 radical (unpaired) electrons. The van der Waals surface area contributed by atoms with E-state index < -0.39 is 10.4 Å². The van der Waals surface area contributed by atoms with Gasteiger partial charge in [-0.3, -0.25) is 0 Å². The van der Waals surface area contributed by atoms with Gasteiger partial charge >= 0.3 is 0 Å². The Hall–Kier alpha value is 0.280. The maximum Gasteiger partial charge on any atom is 0.187 e. The molecule has 90 valence electrons. The summed E-state index contributed by atoms with van der Waals surface area (Å²) in [7, 11) is -1.79. The van der Waals surface area contributed by atoms with Crippen molar-refractivity contribution >= 4 is 33.0 Å². The quantitative estimate of drug-likeness (QED) is 0.613. The standard InChI is InChI=1S/C11H16INO2S/c1-13-16(14,15)11-9-5-3-2-4-8(9)6-7-10(11)12/h2-7H2,1H3,(H-,13,14,15). The normalized spacial score (nSPS) is 25.4. The second kappa shape index (κ2) is 4.88. The van der Waals surface area contributed by atoms with E-state index in [-0.39, 0.29) is 0 Å². The van der Waals surface area contributed by atoms with Gasteiger partial charge in [-0.05, 0) is 61.1 Å². The molecule has 2 rings (SSSR count). The number of allylic oxidation sites excluding steroid dienone is 3. The highest BCUT2D eigenvalue weighted by Gasteiger charge is 2.34. The molecule has 2 aliphatic rings. The van der Waals surface area contributed by atoms with Crippen LogP contribution in [0.2, 0.25) is 0 Å². The van der Waals surface area contributed by atoms with Crippen molar-refractivity contribution in [2.24, 2.45) is 0 Å². The smallest absolute Gasteiger partial charge is 0.187 e. The van der Waals surface area contributed by atoms with Gasteiger partial charge in [0.2, 0.25) is 0 Å². The zero-order valence-electron chi connectivity index (χ0n) is 9.35. The highest BCUT2D eigenvalue weighted by Crippen LogP contribution is 2.43. The highest BCUT2D eigenvalue weighted by molar-refractivity contribution is 14.1. The van der Waals surface area contributed by atoms with Gasteiger partial charge in [-0.2, -0.15) is 0 Å². The van der Waals surface area contributed by atoms with E-state index in [1.807, 2.05) is 0 Å². The van der Waals surface area contributed by atoms with E-state index in [2.05, 4.69) is 27.3 Å². The number of halogens is 1. The second-order valence-electron chi connectivity index (χ2n) is 4.23. The van der Waals surface area contributed by atoms with Crippen molar-refractivity contribution in [3.63, 3.8) is 0 Å². The SMILES string of the molecule is CN[S+](=O)([O-])C1=C(I)CCC2=C1CCCC2. The minimum absolute atomic E-state index is 0.580. The Morgan fingerprint density at radius 2 is 1.94 bits per heavy atom. The van der Waals surface area contributed by atoms with Crippen LogP contribution in [-0.2, 0) is 14.6 Å². The predicted octanol–water partition coefficient (Wildman–Crippen LogP) is 3.06. The summed E-state index contributed by atoms with van der Waals surface area (Å²) < 4.78 is 27.5. The highest BCUT2D eigenvalue weighted by atomic mass is 127. The van der Waals surface area contributed by atoms with Gasteiger partial charge < -0.3 is 4.55 Å². The summed E-state index contributed by atoms with van der Waals surface area (Å²) in [5.74, 6) is 0. The molecule has 1 atom stereocenters. The van der Waals surface area contributed by atoms with E-state index in [0.29, 0.717) is 4.91 Å². The molecule has 0 aromatic carbocycles. The molecule has 1 N–H and O–H groups in total. The zero-order chi connectivity index (χ0) is 11.8. The Balaban J connectivity index is 2.48. The van der Waals surface area contributed by atoms with Crippen molar-refractivity contribution < 1.29 is 8.76 Å². The third-order valence-electron chi connectivity index (χ3n) is 3.29. The molecule has 0 aromatic heterocycles. The molecule has 0 spiro atoms. The number of sulfonamides is 1. The molecule has 2 aliphatic carbocycles. The zero-order valence-corrected chi connectivity index (χ0v) is 12.3. The van der Waals surface area contributed by atoms with Crippen molar-refractivity contribution in [3.05, 3.63) is 19.6 Å². The summed E-state index contributed by atoms with van der Waals surface area (Å²) >= 11 is 2.18. The Kier molecular flexibility index (Phi) is 3.88. The minimum atomic E-state index is -3.28. The monoisotopic (exact) mass is 353 g/mol. The molecule has 0 saturated carbocycles. The summed E-state index contributed by atoms with van der Waals surface area (Å²) in [6, 6.07) is 0. The van der Waals surface area contributed by atoms with Crippen LogP contribution >= 0.6 is 22.6 Å². The van der Waals surface area contributed by atoms with Crippen molar-refractivity contribution in [2.75, 3.05) is 7.05 Å². The molecule has 5 heteroatoms. The summed E-state index contributed by atoms with van der Waals surface area (Å²) in [5.41, 5.74) is 2.48. The molecule has 0 aliphatic heterocycles. The molecule has 3 nitrogen and oxygen atoms in total. The van der Waals surface area contributed by atoms with Crippen LogP contribution in [0.4, 0.5) is 0 Å². The Morgan fingerprint density at radius 1 is 1.25 bits per heavy atom. The predicted molar refractivity (Wildman–Crippen MR) is 73.7 cm³/mol. The van der Waals surface area contributed by atoms with Crippen molar-refractivity contribution in [1.29, 1.82) is 0 Å². The summed E-state index contributed by atoms with van der Waals surface area (Å²) in [6.07, 6.45) is 6.28. The topological polar surface area (TPSA) is 52.2 Å². The van der Waals surface area contributed by atoms with Crippen LogP contribution in [0.25, 0.3) is 0 Å². The van der Waals surface area contributed by atoms with Gasteiger partial charge in [0.15, 0.2) is 15.3 Å². The first-order valence-electron chi connectivity index (χ1n) is 5.59. The van der Waals surface area contributed by atoms with Gasteiger partial charge in [0.05, 0.1) is 0 Å². The first kappa shape index (κ1) is 12.7. The molecule has 0 heterocycles. The first-order valence-corrected chi connectivity index (χ1v) is 8.16. The van der Waals surface area contributed by atoms with Crippen LogP contribution in [0.15, 0.2) is 19.6 Å². The average Bonchev–Trinajstić information content (AvgIpc) is 2.28. The number of hydrogen-bond donors (Lipinski definition) is 1. The maximum atomic E-state index is 12.0. The van der Waals surface area contributed by atoms with Crippen LogP contribution in [-0.4, -0.2) is 11.6 Å². The van der Waals surface area contributed by atoms with Gasteiger partial charge in [0.1, 0.15) is 0 Å². The minimum Gasteiger partial charge on any atom is -0.593 e. The lowest BCUT2D eigenvalue weighted by Crippen LogP contribution is -2.31. The lowest BCUT2D eigenvalue weighted by atomic mass is 9.86. The molecular formula is C11H16INO2S. The van der Waals surface area contributed by atoms with Crippen LogP contribution < -0.4 is 4.72 Å². The van der Waals surface area contributed by atoms with Crippen molar-refractivity contribution in [1.82, 2.24) is 4.72 Å². The van der Waals surface area contributed by atoms with Crippen LogP contribution in [0.1, 0.15) is 38.5 Å². The number of rotatable bonds is 2. The fourth-order valence-corrected chi connectivity index (χ4v) is 5.10. The van der Waals surface area contributed by atoms with E-state index in [4.69, 9.17) is 0 Å². The molecule has 0 aromatic rings. The van der Waals surface area contributed by atoms with Crippen LogP contribution in [0, 0.1) is 0 Å². The van der Waals surface area contributed by atoms with Gasteiger partial charge in [0, 0.05) is 16.2 Å². The molecular weight excluding hydrogens is 337 g/mol. The summed E-state index contributed by atoms with van der Waals surface area (Å²) in [4.78, 5) is 0.580. The maximum absolute atomic E-state index is 12.0. The fraction of sp³-hybridized carbons (Fsp3) is 0.636. The number of hydrogen-bond acceptors (Lipinski definition) is 2. The van der Waals surface area contributed by atoms with Gasteiger partial charge in [0.25, 0.3) is 0 Å². The molecule has 16 heavy (non-hydrogen) atoms. The largest absolute Gasteiger partial charge is 0.593 e. The molecule has 0 fully saturated rings. The third-order valence-corrected chi connectivity index (χ3v) is 6.30. The Morgan fingerprint density at radius 3 is 2.62 bits per heavy atom. The van der Waals surface area contributed by atoms with E-state index in [0.717, 1.165) is 41.3 Å². The van der Waals surface area contributed by atoms with Gasteiger partial charge in [-0.1, -0.05) is 9.78 Å². The van der Waals surface area contributed by atoms with E-state index in [9.17, 15) is 8.76 Å². The number of nitrogens with one attached hydrogen (secondary N) is 1. The van der Waals surface area contributed by atoms with Gasteiger partial charge in [-0.15, -0.1) is 4.72 Å². The fourth-order valence-electron chi connectivity index (χ4n) is 2.47. The third kappa shape index (κ3) is 2.27. The first-order chi connectivity index (χ1) is 7.56. The lowest BCUT2D eigenvalue weighted by molar-refractivity contribution is 0.475. The Bertz CT molecular complexity index is 414. The lowest BCUT2D eigenvalue weighted by Gasteiger charge is -2.28. The molecule has 0 amide bonds. The van der Waals surface area contributed by atoms with E-state index in [1.54, 1.807) is 0 Å². The second-order valence-corrected chi connectivity index (χ2v) is 7.36.